The van der Waals surface area contributed by atoms with Crippen molar-refractivity contribution in [3.05, 3.63) is 53.2 Å². The van der Waals surface area contributed by atoms with Gasteiger partial charge in [-0.25, -0.2) is 4.98 Å². The molecule has 2 rings (SSSR count). The molecule has 0 amide bonds. The molecule has 0 saturated carbocycles. The van der Waals surface area contributed by atoms with Gasteiger partial charge < -0.3 is 10.5 Å². The summed E-state index contributed by atoms with van der Waals surface area (Å²) in [5.41, 5.74) is 6.53. The molecule has 2 N–H and O–H groups in total. The number of ether oxygens (including phenoxy) is 1. The van der Waals surface area contributed by atoms with Gasteiger partial charge in [-0.1, -0.05) is 23.7 Å². The monoisotopic (exact) mass is 234 g/mol. The highest BCUT2D eigenvalue weighted by atomic mass is 35.5. The van der Waals surface area contributed by atoms with Crippen LogP contribution in [0.1, 0.15) is 5.56 Å². The van der Waals surface area contributed by atoms with Crippen LogP contribution in [0.3, 0.4) is 0 Å². The second-order valence-electron chi connectivity index (χ2n) is 3.33. The van der Waals surface area contributed by atoms with Crippen LogP contribution in [0.5, 0.6) is 5.75 Å². The SMILES string of the molecule is Nc1ccc(OCc2ccc(Cl)cc2)cn1. The van der Waals surface area contributed by atoms with Gasteiger partial charge in [0.05, 0.1) is 6.20 Å². The van der Waals surface area contributed by atoms with Gasteiger partial charge in [-0.15, -0.1) is 0 Å². The standard InChI is InChI=1S/C12H11ClN2O/c13-10-3-1-9(2-4-10)8-16-11-5-6-12(14)15-7-11/h1-7H,8H2,(H2,14,15). The molecule has 0 radical (unpaired) electrons. The van der Waals surface area contributed by atoms with Crippen LogP contribution in [0.25, 0.3) is 0 Å². The number of halogens is 1. The number of nitrogen functional groups attached to an aromatic ring is 1. The van der Waals surface area contributed by atoms with Crippen LogP contribution in [0.2, 0.25) is 5.02 Å². The van der Waals surface area contributed by atoms with Gasteiger partial charge in [0.25, 0.3) is 0 Å². The fraction of sp³-hybridized carbons (Fsp3) is 0.0833. The van der Waals surface area contributed by atoms with Crippen LogP contribution >= 0.6 is 11.6 Å². The van der Waals surface area contributed by atoms with Crippen molar-refractivity contribution < 1.29 is 4.74 Å². The molecule has 16 heavy (non-hydrogen) atoms. The van der Waals surface area contributed by atoms with Crippen molar-refractivity contribution in [2.24, 2.45) is 0 Å². The number of hydrogen-bond donors (Lipinski definition) is 1. The first-order chi connectivity index (χ1) is 7.74. The minimum Gasteiger partial charge on any atom is -0.487 e. The Hall–Kier alpha value is -1.74. The highest BCUT2D eigenvalue weighted by Crippen LogP contribution is 2.14. The van der Waals surface area contributed by atoms with E-state index in [-0.39, 0.29) is 0 Å². The molecular weight excluding hydrogens is 224 g/mol. The Labute approximate surface area is 98.8 Å². The number of anilines is 1. The summed E-state index contributed by atoms with van der Waals surface area (Å²) in [4.78, 5) is 3.94. The molecule has 1 aromatic carbocycles. The van der Waals surface area contributed by atoms with Crippen molar-refractivity contribution in [3.8, 4) is 5.75 Å². The second kappa shape index (κ2) is 4.86. The Kier molecular flexibility index (Phi) is 3.27. The molecule has 0 spiro atoms. The van der Waals surface area contributed by atoms with Crippen LogP contribution in [0.4, 0.5) is 5.82 Å². The van der Waals surface area contributed by atoms with E-state index < -0.39 is 0 Å². The lowest BCUT2D eigenvalue weighted by Gasteiger charge is -2.05. The lowest BCUT2D eigenvalue weighted by molar-refractivity contribution is 0.305. The zero-order valence-electron chi connectivity index (χ0n) is 8.56. The fourth-order valence-corrected chi connectivity index (χ4v) is 1.35. The first kappa shape index (κ1) is 10.8. The summed E-state index contributed by atoms with van der Waals surface area (Å²) in [6.45, 7) is 0.489. The van der Waals surface area contributed by atoms with E-state index in [4.69, 9.17) is 22.1 Å². The first-order valence-corrected chi connectivity index (χ1v) is 5.20. The first-order valence-electron chi connectivity index (χ1n) is 4.83. The van der Waals surface area contributed by atoms with Crippen molar-refractivity contribution >= 4 is 17.4 Å². The van der Waals surface area contributed by atoms with E-state index in [2.05, 4.69) is 4.98 Å². The molecule has 3 nitrogen and oxygen atoms in total. The summed E-state index contributed by atoms with van der Waals surface area (Å²) < 4.78 is 5.53. The van der Waals surface area contributed by atoms with Crippen LogP contribution in [-0.2, 0) is 6.61 Å². The van der Waals surface area contributed by atoms with E-state index in [0.29, 0.717) is 18.2 Å². The summed E-state index contributed by atoms with van der Waals surface area (Å²) in [6, 6.07) is 11.0. The van der Waals surface area contributed by atoms with Gasteiger partial charge >= 0.3 is 0 Å². The smallest absolute Gasteiger partial charge is 0.138 e. The summed E-state index contributed by atoms with van der Waals surface area (Å²) in [6.07, 6.45) is 1.60. The van der Waals surface area contributed by atoms with Crippen LogP contribution in [0, 0.1) is 0 Å². The molecule has 2 aromatic rings. The summed E-state index contributed by atoms with van der Waals surface area (Å²) in [5.74, 6) is 1.18. The maximum Gasteiger partial charge on any atom is 0.138 e. The molecule has 0 aliphatic carbocycles. The maximum absolute atomic E-state index is 5.78. The van der Waals surface area contributed by atoms with Gasteiger partial charge in [0.15, 0.2) is 0 Å². The van der Waals surface area contributed by atoms with Crippen molar-refractivity contribution in [1.82, 2.24) is 4.98 Å². The van der Waals surface area contributed by atoms with Crippen LogP contribution in [0.15, 0.2) is 42.6 Å². The van der Waals surface area contributed by atoms with Crippen LogP contribution < -0.4 is 10.5 Å². The predicted octanol–water partition coefficient (Wildman–Crippen LogP) is 2.90. The third-order valence-corrected chi connectivity index (χ3v) is 2.33. The van der Waals surface area contributed by atoms with Crippen LogP contribution in [-0.4, -0.2) is 4.98 Å². The highest BCUT2D eigenvalue weighted by molar-refractivity contribution is 6.30. The third kappa shape index (κ3) is 2.87. The van der Waals surface area contributed by atoms with Crippen molar-refractivity contribution in [1.29, 1.82) is 0 Å². The van der Waals surface area contributed by atoms with Gasteiger partial charge in [-0.3, -0.25) is 0 Å². The molecule has 0 bridgehead atoms. The van der Waals surface area contributed by atoms with E-state index in [1.165, 1.54) is 0 Å². The molecule has 0 aliphatic rings. The topological polar surface area (TPSA) is 48.1 Å². The Balaban J connectivity index is 1.97. The van der Waals surface area contributed by atoms with Crippen molar-refractivity contribution in [3.63, 3.8) is 0 Å². The molecule has 0 fully saturated rings. The normalized spacial score (nSPS) is 10.1. The quantitative estimate of drug-likeness (QED) is 0.888. The Morgan fingerprint density at radius 2 is 1.88 bits per heavy atom. The minimum atomic E-state index is 0.485. The molecule has 0 unspecified atom stereocenters. The fourth-order valence-electron chi connectivity index (χ4n) is 1.22. The van der Waals surface area contributed by atoms with E-state index in [0.717, 1.165) is 10.6 Å². The number of rotatable bonds is 3. The van der Waals surface area contributed by atoms with Gasteiger partial charge in [-0.2, -0.15) is 0 Å². The van der Waals surface area contributed by atoms with Gasteiger partial charge in [-0.05, 0) is 29.8 Å². The Morgan fingerprint density at radius 3 is 2.50 bits per heavy atom. The number of benzene rings is 1. The molecule has 1 aromatic heterocycles. The summed E-state index contributed by atoms with van der Waals surface area (Å²) in [7, 11) is 0. The number of aromatic nitrogens is 1. The second-order valence-corrected chi connectivity index (χ2v) is 3.77. The van der Waals surface area contributed by atoms with E-state index >= 15 is 0 Å². The van der Waals surface area contributed by atoms with Gasteiger partial charge in [0.1, 0.15) is 18.2 Å². The minimum absolute atomic E-state index is 0.485. The highest BCUT2D eigenvalue weighted by Gasteiger charge is 1.96. The van der Waals surface area contributed by atoms with Crippen molar-refractivity contribution in [2.45, 2.75) is 6.61 Å². The number of pyridine rings is 1. The molecule has 0 atom stereocenters. The molecule has 4 heteroatoms. The Bertz CT molecular complexity index is 408. The van der Waals surface area contributed by atoms with Gasteiger partial charge in [0.2, 0.25) is 0 Å². The summed E-state index contributed by atoms with van der Waals surface area (Å²) >= 11 is 5.78. The zero-order chi connectivity index (χ0) is 11.4. The van der Waals surface area contributed by atoms with E-state index in [1.54, 1.807) is 18.3 Å². The Morgan fingerprint density at radius 1 is 1.12 bits per heavy atom. The van der Waals surface area contributed by atoms with E-state index in [1.807, 2.05) is 24.3 Å². The third-order valence-electron chi connectivity index (χ3n) is 2.08. The largest absolute Gasteiger partial charge is 0.487 e. The van der Waals surface area contributed by atoms with E-state index in [9.17, 15) is 0 Å². The lowest BCUT2D eigenvalue weighted by atomic mass is 10.2. The average molecular weight is 235 g/mol. The molecule has 0 saturated heterocycles. The number of nitrogens with zero attached hydrogens (tertiary/aromatic N) is 1. The average Bonchev–Trinajstić information content (AvgIpc) is 2.30. The molecule has 82 valence electrons. The maximum atomic E-state index is 5.78. The van der Waals surface area contributed by atoms with Gasteiger partial charge in [0, 0.05) is 5.02 Å². The molecule has 0 aliphatic heterocycles. The van der Waals surface area contributed by atoms with Crippen molar-refractivity contribution in [2.75, 3.05) is 5.73 Å². The molecular formula is C12H11ClN2O. The number of nitrogens with two attached hydrogens (primary N) is 1. The zero-order valence-corrected chi connectivity index (χ0v) is 9.32. The summed E-state index contributed by atoms with van der Waals surface area (Å²) in [5, 5.41) is 0.720. The predicted molar refractivity (Wildman–Crippen MR) is 64.4 cm³/mol. The lowest BCUT2D eigenvalue weighted by Crippen LogP contribution is -1.96. The molecule has 1 heterocycles. The number of hydrogen-bond acceptors (Lipinski definition) is 3.